The van der Waals surface area contributed by atoms with Crippen molar-refractivity contribution in [3.05, 3.63) is 95.3 Å². The highest BCUT2D eigenvalue weighted by molar-refractivity contribution is 5.95. The molecular weight excluding hydrogens is 353 g/mol. The number of nitrogens with zero attached hydrogens (tertiary/aromatic N) is 3. The summed E-state index contributed by atoms with van der Waals surface area (Å²) in [5.41, 5.74) is 9.02. The van der Waals surface area contributed by atoms with E-state index in [4.69, 9.17) is 11.1 Å². The van der Waals surface area contributed by atoms with Crippen LogP contribution >= 0.6 is 0 Å². The second-order valence-corrected chi connectivity index (χ2v) is 5.95. The van der Waals surface area contributed by atoms with E-state index < -0.39 is 0 Å². The topological polar surface area (TPSA) is 77.8 Å². The molecule has 28 heavy (non-hydrogen) atoms. The molecule has 0 aliphatic rings. The van der Waals surface area contributed by atoms with Crippen molar-refractivity contribution in [2.75, 3.05) is 12.1 Å². The fraction of sp³-hybridized carbons (Fsp3) is 0.0455. The van der Waals surface area contributed by atoms with Crippen LogP contribution in [-0.4, -0.2) is 12.9 Å². The maximum Gasteiger partial charge on any atom is 0.123 e. The number of nitrogen functional groups attached to an aromatic ring is 1. The van der Waals surface area contributed by atoms with Crippen molar-refractivity contribution in [3.8, 4) is 11.8 Å². The molecule has 3 aromatic carbocycles. The molecule has 0 bridgehead atoms. The van der Waals surface area contributed by atoms with Crippen LogP contribution in [0.1, 0.15) is 16.7 Å². The van der Waals surface area contributed by atoms with Gasteiger partial charge >= 0.3 is 0 Å². The quantitative estimate of drug-likeness (QED) is 0.230. The lowest BCUT2D eigenvalue weighted by molar-refractivity contribution is 0.627. The summed E-state index contributed by atoms with van der Waals surface area (Å²) in [6.07, 6.45) is 0. The third-order valence-electron chi connectivity index (χ3n) is 3.91. The summed E-state index contributed by atoms with van der Waals surface area (Å²) in [7, 11) is 1.78. The van der Waals surface area contributed by atoms with E-state index in [1.165, 1.54) is 12.1 Å². The molecule has 3 rings (SSSR count). The summed E-state index contributed by atoms with van der Waals surface area (Å²) in [6.45, 7) is 0. The van der Waals surface area contributed by atoms with Gasteiger partial charge in [-0.25, -0.2) is 9.40 Å². The number of hydrogen-bond acceptors (Lipinski definition) is 3. The summed E-state index contributed by atoms with van der Waals surface area (Å²) in [4.78, 5) is 0. The van der Waals surface area contributed by atoms with Crippen molar-refractivity contribution in [2.45, 2.75) is 0 Å². The zero-order valence-electron chi connectivity index (χ0n) is 15.2. The molecule has 0 unspecified atom stereocenters. The summed E-state index contributed by atoms with van der Waals surface area (Å²) < 4.78 is 13.0. The zero-order chi connectivity index (χ0) is 19.9. The third-order valence-corrected chi connectivity index (χ3v) is 3.91. The molecule has 3 N–H and O–H groups in total. The minimum absolute atomic E-state index is 0.00858. The molecule has 5 nitrogen and oxygen atoms in total. The molecule has 0 radical (unpaired) electrons. The molecule has 0 aliphatic heterocycles. The van der Waals surface area contributed by atoms with Gasteiger partial charge in [-0.15, -0.1) is 5.11 Å². The van der Waals surface area contributed by atoms with Crippen LogP contribution in [0.15, 0.2) is 83.1 Å². The fourth-order valence-corrected chi connectivity index (χ4v) is 2.41. The average Bonchev–Trinajstić information content (AvgIpc) is 2.72. The standard InChI is InChI=1S/C22H18FN5/c1-28(27-26-20-14-10-18(11-15-20)22(24)25)21-5-3-2-4-17(21)9-6-16-7-12-19(23)13-8-16/h2-5,7-8,10-15H,1H3,(H3,24,25). The van der Waals surface area contributed by atoms with Crippen LogP contribution in [-0.2, 0) is 0 Å². The maximum atomic E-state index is 13.0. The molecule has 0 aliphatic carbocycles. The van der Waals surface area contributed by atoms with E-state index in [2.05, 4.69) is 22.2 Å². The largest absolute Gasteiger partial charge is 0.384 e. The molecule has 0 heterocycles. The molecule has 0 amide bonds. The molecule has 138 valence electrons. The highest BCUT2D eigenvalue weighted by atomic mass is 19.1. The summed E-state index contributed by atoms with van der Waals surface area (Å²) in [5.74, 6) is 5.84. The van der Waals surface area contributed by atoms with Gasteiger partial charge in [0, 0.05) is 18.2 Å². The SMILES string of the molecule is CN(N=Nc1ccc(C(=N)N)cc1)c1ccccc1C#Cc1ccc(F)cc1. The summed E-state index contributed by atoms with van der Waals surface area (Å²) in [5, 5.41) is 17.5. The Kier molecular flexibility index (Phi) is 5.78. The number of benzene rings is 3. The van der Waals surface area contributed by atoms with Crippen LogP contribution in [0.3, 0.4) is 0 Å². The lowest BCUT2D eigenvalue weighted by Crippen LogP contribution is -2.10. The molecule has 0 saturated heterocycles. The Morgan fingerprint density at radius 2 is 1.64 bits per heavy atom. The van der Waals surface area contributed by atoms with E-state index in [0.717, 1.165) is 16.8 Å². The first kappa shape index (κ1) is 18.8. The molecule has 0 saturated carbocycles. The van der Waals surface area contributed by atoms with Crippen molar-refractivity contribution < 1.29 is 4.39 Å². The van der Waals surface area contributed by atoms with Crippen LogP contribution in [0.2, 0.25) is 0 Å². The second kappa shape index (κ2) is 8.60. The normalized spacial score (nSPS) is 10.4. The second-order valence-electron chi connectivity index (χ2n) is 5.95. The molecule has 6 heteroatoms. The van der Waals surface area contributed by atoms with Crippen LogP contribution in [0, 0.1) is 23.1 Å². The number of nitrogens with two attached hydrogens (primary N) is 1. The van der Waals surface area contributed by atoms with Crippen LogP contribution in [0.25, 0.3) is 0 Å². The molecule has 0 aromatic heterocycles. The first-order chi connectivity index (χ1) is 13.5. The van der Waals surface area contributed by atoms with Crippen molar-refractivity contribution in [2.24, 2.45) is 16.1 Å². The predicted octanol–water partition coefficient (Wildman–Crippen LogP) is 4.64. The van der Waals surface area contributed by atoms with E-state index in [-0.39, 0.29) is 11.7 Å². The Hall–Kier alpha value is -3.98. The van der Waals surface area contributed by atoms with E-state index in [1.54, 1.807) is 48.5 Å². The van der Waals surface area contributed by atoms with Crippen LogP contribution in [0.4, 0.5) is 15.8 Å². The number of amidine groups is 1. The number of rotatable bonds is 4. The Morgan fingerprint density at radius 1 is 0.964 bits per heavy atom. The van der Waals surface area contributed by atoms with Gasteiger partial charge in [0.1, 0.15) is 11.7 Å². The van der Waals surface area contributed by atoms with Gasteiger partial charge in [0.2, 0.25) is 0 Å². The van der Waals surface area contributed by atoms with Crippen LogP contribution in [0.5, 0.6) is 0 Å². The minimum Gasteiger partial charge on any atom is -0.384 e. The van der Waals surface area contributed by atoms with E-state index in [9.17, 15) is 4.39 Å². The summed E-state index contributed by atoms with van der Waals surface area (Å²) >= 11 is 0. The zero-order valence-corrected chi connectivity index (χ0v) is 15.2. The average molecular weight is 371 g/mol. The first-order valence-corrected chi connectivity index (χ1v) is 8.49. The van der Waals surface area contributed by atoms with Crippen molar-refractivity contribution >= 4 is 17.2 Å². The Balaban J connectivity index is 1.80. The number of nitrogens with one attached hydrogen (secondary N) is 1. The monoisotopic (exact) mass is 371 g/mol. The van der Waals surface area contributed by atoms with E-state index in [1.807, 2.05) is 24.3 Å². The Morgan fingerprint density at radius 3 is 2.32 bits per heavy atom. The van der Waals surface area contributed by atoms with Gasteiger partial charge in [0.25, 0.3) is 0 Å². The lowest BCUT2D eigenvalue weighted by Gasteiger charge is -2.13. The minimum atomic E-state index is -0.289. The molecule has 0 spiro atoms. The number of halogens is 1. The van der Waals surface area contributed by atoms with Gasteiger partial charge in [-0.2, -0.15) is 0 Å². The number of hydrogen-bond donors (Lipinski definition) is 2. The maximum absolute atomic E-state index is 13.0. The highest BCUT2D eigenvalue weighted by Gasteiger charge is 2.04. The van der Waals surface area contributed by atoms with Gasteiger partial charge < -0.3 is 5.73 Å². The van der Waals surface area contributed by atoms with Gasteiger partial charge in [0.15, 0.2) is 0 Å². The van der Waals surface area contributed by atoms with E-state index in [0.29, 0.717) is 11.3 Å². The third kappa shape index (κ3) is 4.80. The first-order valence-electron chi connectivity index (χ1n) is 8.49. The van der Waals surface area contributed by atoms with Gasteiger partial charge in [0.05, 0.1) is 16.9 Å². The molecule has 3 aromatic rings. The highest BCUT2D eigenvalue weighted by Crippen LogP contribution is 2.21. The van der Waals surface area contributed by atoms with Gasteiger partial charge in [-0.05, 0) is 60.7 Å². The summed E-state index contributed by atoms with van der Waals surface area (Å²) in [6, 6.07) is 20.5. The molecule has 0 fully saturated rings. The smallest absolute Gasteiger partial charge is 0.123 e. The fourth-order valence-electron chi connectivity index (χ4n) is 2.41. The number of anilines is 1. The van der Waals surface area contributed by atoms with Crippen molar-refractivity contribution in [3.63, 3.8) is 0 Å². The van der Waals surface area contributed by atoms with Crippen LogP contribution < -0.4 is 10.7 Å². The Bertz CT molecular complexity index is 1060. The molecular formula is C22H18FN5. The predicted molar refractivity (Wildman–Crippen MR) is 109 cm³/mol. The molecule has 0 atom stereocenters. The Labute approximate surface area is 162 Å². The lowest BCUT2D eigenvalue weighted by atomic mass is 10.1. The number of para-hydroxylation sites is 1. The van der Waals surface area contributed by atoms with Gasteiger partial charge in [-0.3, -0.25) is 5.41 Å². The van der Waals surface area contributed by atoms with Gasteiger partial charge in [-0.1, -0.05) is 29.2 Å². The van der Waals surface area contributed by atoms with Crippen molar-refractivity contribution in [1.29, 1.82) is 5.41 Å². The van der Waals surface area contributed by atoms with E-state index >= 15 is 0 Å². The van der Waals surface area contributed by atoms with Crippen molar-refractivity contribution in [1.82, 2.24) is 0 Å².